The van der Waals surface area contributed by atoms with Crippen molar-refractivity contribution in [2.24, 2.45) is 0 Å². The molecule has 0 radical (unpaired) electrons. The lowest BCUT2D eigenvalue weighted by molar-refractivity contribution is 0.473. The molecule has 0 heterocycles. The molecule has 18 heavy (non-hydrogen) atoms. The second-order valence-corrected chi connectivity index (χ2v) is 5.75. The molecule has 0 aliphatic carbocycles. The molecule has 0 saturated carbocycles. The minimum atomic E-state index is -3.44. The third-order valence-corrected chi connectivity index (χ3v) is 4.10. The molecule has 1 aromatic carbocycles. The molecule has 98 valence electrons. The molecule has 0 aliphatic rings. The predicted molar refractivity (Wildman–Crippen MR) is 71.0 cm³/mol. The number of benzene rings is 1. The predicted octanol–water partition coefficient (Wildman–Crippen LogP) is 2.33. The molecule has 3 nitrogen and oxygen atoms in total. The van der Waals surface area contributed by atoms with Crippen LogP contribution >= 0.6 is 0 Å². The lowest BCUT2D eigenvalue weighted by Gasteiger charge is -2.18. The van der Waals surface area contributed by atoms with Gasteiger partial charge < -0.3 is 0 Å². The molecule has 1 aromatic rings. The van der Waals surface area contributed by atoms with Gasteiger partial charge in [-0.3, -0.25) is 0 Å². The summed E-state index contributed by atoms with van der Waals surface area (Å²) in [6, 6.07) is 5.42. The molecular formula is C13H16FNO2S. The van der Waals surface area contributed by atoms with Crippen LogP contribution in [-0.2, 0) is 15.8 Å². The Hall–Kier alpha value is -1.46. The molecule has 0 saturated heterocycles. The Kier molecular flexibility index (Phi) is 5.25. The van der Waals surface area contributed by atoms with Gasteiger partial charge in [0.05, 0.1) is 5.75 Å². The SMILES string of the molecule is C=CCN(CC=C)S(=O)(=O)Cc1ccc(F)cc1. The van der Waals surface area contributed by atoms with E-state index in [0.29, 0.717) is 5.56 Å². The Balaban J connectivity index is 2.87. The van der Waals surface area contributed by atoms with E-state index in [0.717, 1.165) is 0 Å². The van der Waals surface area contributed by atoms with Gasteiger partial charge in [0.25, 0.3) is 0 Å². The van der Waals surface area contributed by atoms with Crippen molar-refractivity contribution in [3.63, 3.8) is 0 Å². The molecule has 0 atom stereocenters. The van der Waals surface area contributed by atoms with Crippen LogP contribution in [0.2, 0.25) is 0 Å². The van der Waals surface area contributed by atoms with Crippen LogP contribution < -0.4 is 0 Å². The summed E-state index contributed by atoms with van der Waals surface area (Å²) in [6.45, 7) is 7.51. The monoisotopic (exact) mass is 269 g/mol. The van der Waals surface area contributed by atoms with Gasteiger partial charge in [0.2, 0.25) is 10.0 Å². The maximum absolute atomic E-state index is 12.7. The van der Waals surface area contributed by atoms with Gasteiger partial charge in [-0.1, -0.05) is 24.3 Å². The number of halogens is 1. The number of hydrogen-bond acceptors (Lipinski definition) is 2. The quantitative estimate of drug-likeness (QED) is 0.712. The van der Waals surface area contributed by atoms with E-state index < -0.39 is 10.0 Å². The maximum Gasteiger partial charge on any atom is 0.218 e. The summed E-state index contributed by atoms with van der Waals surface area (Å²) in [5, 5.41) is 0. The molecule has 0 spiro atoms. The van der Waals surface area contributed by atoms with Crippen LogP contribution in [0.25, 0.3) is 0 Å². The lowest BCUT2D eigenvalue weighted by atomic mass is 10.2. The summed E-state index contributed by atoms with van der Waals surface area (Å²) < 4.78 is 38.2. The Morgan fingerprint density at radius 3 is 2.06 bits per heavy atom. The van der Waals surface area contributed by atoms with Crippen molar-refractivity contribution >= 4 is 10.0 Å². The van der Waals surface area contributed by atoms with E-state index in [9.17, 15) is 12.8 Å². The van der Waals surface area contributed by atoms with E-state index in [1.807, 2.05) is 0 Å². The normalized spacial score (nSPS) is 11.4. The first-order valence-corrected chi connectivity index (χ1v) is 7.04. The Morgan fingerprint density at radius 1 is 1.11 bits per heavy atom. The fourth-order valence-electron chi connectivity index (χ4n) is 1.47. The molecule has 5 heteroatoms. The zero-order chi connectivity index (χ0) is 13.6. The molecule has 0 aliphatic heterocycles. The summed E-state index contributed by atoms with van der Waals surface area (Å²) in [5.41, 5.74) is 0.550. The lowest BCUT2D eigenvalue weighted by Crippen LogP contribution is -2.32. The van der Waals surface area contributed by atoms with Gasteiger partial charge in [0.1, 0.15) is 5.82 Å². The zero-order valence-electron chi connectivity index (χ0n) is 10.0. The third kappa shape index (κ3) is 4.09. The summed E-state index contributed by atoms with van der Waals surface area (Å²) in [7, 11) is -3.44. The second kappa shape index (κ2) is 6.47. The highest BCUT2D eigenvalue weighted by Gasteiger charge is 2.20. The van der Waals surface area contributed by atoms with Crippen LogP contribution in [0.4, 0.5) is 4.39 Å². The van der Waals surface area contributed by atoms with Gasteiger partial charge in [-0.2, -0.15) is 4.31 Å². The van der Waals surface area contributed by atoms with E-state index in [1.54, 1.807) is 0 Å². The van der Waals surface area contributed by atoms with Crippen LogP contribution in [0.3, 0.4) is 0 Å². The van der Waals surface area contributed by atoms with Crippen LogP contribution in [0.15, 0.2) is 49.6 Å². The first-order valence-electron chi connectivity index (χ1n) is 5.43. The highest BCUT2D eigenvalue weighted by molar-refractivity contribution is 7.88. The van der Waals surface area contributed by atoms with E-state index in [4.69, 9.17) is 0 Å². The van der Waals surface area contributed by atoms with Crippen molar-refractivity contribution in [1.82, 2.24) is 4.31 Å². The molecule has 1 rings (SSSR count). The van der Waals surface area contributed by atoms with Crippen LogP contribution in [0.1, 0.15) is 5.56 Å². The van der Waals surface area contributed by atoms with Gasteiger partial charge >= 0.3 is 0 Å². The smallest absolute Gasteiger partial charge is 0.212 e. The van der Waals surface area contributed by atoms with Crippen molar-refractivity contribution < 1.29 is 12.8 Å². The molecule has 0 N–H and O–H groups in total. The average Bonchev–Trinajstić information content (AvgIpc) is 2.32. The van der Waals surface area contributed by atoms with E-state index in [-0.39, 0.29) is 24.7 Å². The Labute approximate surface area is 107 Å². The Bertz CT molecular complexity index is 498. The van der Waals surface area contributed by atoms with Gasteiger partial charge in [0, 0.05) is 13.1 Å². The van der Waals surface area contributed by atoms with Crippen molar-refractivity contribution in [3.8, 4) is 0 Å². The molecule has 0 bridgehead atoms. The van der Waals surface area contributed by atoms with Gasteiger partial charge in [-0.05, 0) is 17.7 Å². The molecule has 0 fully saturated rings. The minimum absolute atomic E-state index is 0.158. The summed E-state index contributed by atoms with van der Waals surface area (Å²) in [5.74, 6) is -0.542. The van der Waals surface area contributed by atoms with E-state index in [2.05, 4.69) is 13.2 Å². The van der Waals surface area contributed by atoms with Gasteiger partial charge in [-0.25, -0.2) is 12.8 Å². The highest BCUT2D eigenvalue weighted by atomic mass is 32.2. The summed E-state index contributed by atoms with van der Waals surface area (Å²) in [4.78, 5) is 0. The number of nitrogens with zero attached hydrogens (tertiary/aromatic N) is 1. The van der Waals surface area contributed by atoms with Crippen LogP contribution in [0, 0.1) is 5.82 Å². The second-order valence-electron chi connectivity index (χ2n) is 3.78. The van der Waals surface area contributed by atoms with E-state index in [1.165, 1.54) is 40.7 Å². The maximum atomic E-state index is 12.7. The van der Waals surface area contributed by atoms with Gasteiger partial charge in [-0.15, -0.1) is 13.2 Å². The third-order valence-electron chi connectivity index (χ3n) is 2.32. The molecule has 0 aromatic heterocycles. The topological polar surface area (TPSA) is 37.4 Å². The fourth-order valence-corrected chi connectivity index (χ4v) is 2.93. The Morgan fingerprint density at radius 2 is 1.61 bits per heavy atom. The van der Waals surface area contributed by atoms with Crippen LogP contribution in [-0.4, -0.2) is 25.8 Å². The van der Waals surface area contributed by atoms with Crippen molar-refractivity contribution in [2.45, 2.75) is 5.75 Å². The van der Waals surface area contributed by atoms with E-state index >= 15 is 0 Å². The van der Waals surface area contributed by atoms with Gasteiger partial charge in [0.15, 0.2) is 0 Å². The number of hydrogen-bond donors (Lipinski definition) is 0. The number of sulfonamides is 1. The minimum Gasteiger partial charge on any atom is -0.212 e. The first-order chi connectivity index (χ1) is 8.49. The van der Waals surface area contributed by atoms with Crippen LogP contribution in [0.5, 0.6) is 0 Å². The summed E-state index contributed by atoms with van der Waals surface area (Å²) >= 11 is 0. The average molecular weight is 269 g/mol. The largest absolute Gasteiger partial charge is 0.218 e. The zero-order valence-corrected chi connectivity index (χ0v) is 10.9. The summed E-state index contributed by atoms with van der Waals surface area (Å²) in [6.07, 6.45) is 3.04. The highest BCUT2D eigenvalue weighted by Crippen LogP contribution is 2.11. The molecule has 0 unspecified atom stereocenters. The van der Waals surface area contributed by atoms with Crippen molar-refractivity contribution in [2.75, 3.05) is 13.1 Å². The first kappa shape index (κ1) is 14.6. The molecule has 0 amide bonds. The van der Waals surface area contributed by atoms with Crippen molar-refractivity contribution in [3.05, 3.63) is 61.0 Å². The number of rotatable bonds is 7. The fraction of sp³-hybridized carbons (Fsp3) is 0.231. The molecular weight excluding hydrogens is 253 g/mol. The standard InChI is InChI=1S/C13H16FNO2S/c1-3-9-15(10-4-2)18(16,17)11-12-5-7-13(14)8-6-12/h3-8H,1-2,9-11H2. The van der Waals surface area contributed by atoms with Crippen molar-refractivity contribution in [1.29, 1.82) is 0 Å².